The second-order valence-corrected chi connectivity index (χ2v) is 10.4. The van der Waals surface area contributed by atoms with Gasteiger partial charge in [0.15, 0.2) is 0 Å². The van der Waals surface area contributed by atoms with Crippen molar-refractivity contribution in [2.75, 3.05) is 13.2 Å². The summed E-state index contributed by atoms with van der Waals surface area (Å²) in [5.41, 5.74) is 0. The number of hydrogen-bond donors (Lipinski definition) is 3. The minimum absolute atomic E-state index is 0.636. The van der Waals surface area contributed by atoms with Gasteiger partial charge >= 0.3 is 37.9 Å². The van der Waals surface area contributed by atoms with Crippen LogP contribution in [-0.2, 0) is 31.0 Å². The van der Waals surface area contributed by atoms with Crippen LogP contribution >= 0.6 is 8.60 Å². The third-order valence-corrected chi connectivity index (χ3v) is 6.21. The molecule has 0 saturated carbocycles. The molecule has 0 bridgehead atoms. The molecule has 0 unspecified atom stereocenters. The first kappa shape index (κ1) is 34.9. The van der Waals surface area contributed by atoms with E-state index in [0.717, 1.165) is 12.8 Å². The Morgan fingerprint density at radius 3 is 1.00 bits per heavy atom. The Kier molecular flexibility index (Phi) is 34.6. The fourth-order valence-electron chi connectivity index (χ4n) is 3.50. The molecule has 32 heavy (non-hydrogen) atoms. The fraction of sp³-hybridized carbons (Fsp3) is 1.00. The predicted octanol–water partition coefficient (Wildman–Crippen LogP) is 7.85. The van der Waals surface area contributed by atoms with Crippen molar-refractivity contribution in [3.05, 3.63) is 0 Å². The average Bonchev–Trinajstić information content (AvgIpc) is 2.75. The zero-order chi connectivity index (χ0) is 24.1. The number of rotatable bonds is 24. The Morgan fingerprint density at radius 1 is 0.531 bits per heavy atom. The van der Waals surface area contributed by atoms with E-state index in [2.05, 4.69) is 13.8 Å². The van der Waals surface area contributed by atoms with E-state index in [1.807, 2.05) is 0 Å². The molecular weight excluding hydrogens is 463 g/mol. The van der Waals surface area contributed by atoms with Crippen molar-refractivity contribution in [2.45, 2.75) is 142 Å². The van der Waals surface area contributed by atoms with E-state index < -0.39 is 27.2 Å². The van der Waals surface area contributed by atoms with Gasteiger partial charge in [0, 0.05) is 0 Å². The van der Waals surface area contributed by atoms with Crippen molar-refractivity contribution in [2.24, 2.45) is 0 Å². The fourth-order valence-corrected chi connectivity index (χ4v) is 4.15. The molecule has 0 spiro atoms. The normalized spacial score (nSPS) is 10.9. The zero-order valence-electron chi connectivity index (χ0n) is 21.1. The summed E-state index contributed by atoms with van der Waals surface area (Å²) in [6.07, 6.45) is 26.4. The Balaban J connectivity index is 0. The van der Waals surface area contributed by atoms with Gasteiger partial charge in [0.25, 0.3) is 0 Å². The van der Waals surface area contributed by atoms with Crippen molar-refractivity contribution < 1.29 is 43.3 Å². The molecule has 8 heteroatoms. The van der Waals surface area contributed by atoms with Gasteiger partial charge in [0.05, 0.1) is 13.2 Å². The van der Waals surface area contributed by atoms with Crippen LogP contribution in [0.3, 0.4) is 0 Å². The third-order valence-electron chi connectivity index (χ3n) is 5.40. The van der Waals surface area contributed by atoms with Crippen LogP contribution in [0.25, 0.3) is 0 Å². The van der Waals surface area contributed by atoms with E-state index in [9.17, 15) is 4.89 Å². The molecule has 0 aliphatic carbocycles. The molecule has 0 aliphatic rings. The molecule has 0 atom stereocenters. The average molecular weight is 517 g/mol. The van der Waals surface area contributed by atoms with Crippen LogP contribution in [-0.4, -0.2) is 25.5 Å². The molecule has 6 nitrogen and oxygen atoms in total. The third kappa shape index (κ3) is 38.0. The number of unbranched alkanes of at least 4 members (excludes halogenated alkanes) is 18. The van der Waals surface area contributed by atoms with Gasteiger partial charge in [-0.25, -0.2) is 0 Å². The summed E-state index contributed by atoms with van der Waals surface area (Å²) in [6, 6.07) is 0. The summed E-state index contributed by atoms with van der Waals surface area (Å²) >= 11 is -3.58. The maximum absolute atomic E-state index is 9.76. The summed E-state index contributed by atoms with van der Waals surface area (Å²) in [5, 5.41) is 0. The molecule has 0 amide bonds. The van der Waals surface area contributed by atoms with Crippen LogP contribution in [0.15, 0.2) is 0 Å². The summed E-state index contributed by atoms with van der Waals surface area (Å²) in [7, 11) is -1.65. The first-order valence-electron chi connectivity index (χ1n) is 13.2. The second-order valence-electron chi connectivity index (χ2n) is 8.55. The van der Waals surface area contributed by atoms with Crippen LogP contribution in [0.2, 0.25) is 0 Å². The Morgan fingerprint density at radius 2 is 0.750 bits per heavy atom. The molecule has 0 radical (unpaired) electrons. The van der Waals surface area contributed by atoms with E-state index in [4.69, 9.17) is 19.7 Å². The molecule has 0 aliphatic heterocycles. The maximum atomic E-state index is 9.76. The SMILES string of the molecule is CCCCCCCCCCCCOP(O)OCCCCCCCCCCCC.[O]=[Ti]([OH])[OH]. The quantitative estimate of drug-likeness (QED) is 0.0687. The Bertz CT molecular complexity index is 333. The second kappa shape index (κ2) is 31.7. The van der Waals surface area contributed by atoms with Gasteiger partial charge in [-0.1, -0.05) is 129 Å². The van der Waals surface area contributed by atoms with E-state index in [-0.39, 0.29) is 0 Å². The molecule has 3 N–H and O–H groups in total. The van der Waals surface area contributed by atoms with Gasteiger partial charge in [-0.2, -0.15) is 0 Å². The number of hydrogen-bond acceptors (Lipinski definition) is 4. The topological polar surface area (TPSA) is 96.2 Å². The van der Waals surface area contributed by atoms with Gasteiger partial charge < -0.3 is 13.9 Å². The van der Waals surface area contributed by atoms with Gasteiger partial charge in [-0.05, 0) is 12.8 Å². The van der Waals surface area contributed by atoms with Crippen LogP contribution < -0.4 is 0 Å². The van der Waals surface area contributed by atoms with E-state index in [0.29, 0.717) is 13.2 Å². The molecule has 0 rings (SSSR count). The molecular formula is C24H53O6PTi. The van der Waals surface area contributed by atoms with Gasteiger partial charge in [-0.15, -0.1) is 0 Å². The minimum atomic E-state index is -3.58. The van der Waals surface area contributed by atoms with Crippen LogP contribution in [0, 0.1) is 0 Å². The summed E-state index contributed by atoms with van der Waals surface area (Å²) in [6.45, 7) is 5.81. The van der Waals surface area contributed by atoms with E-state index in [1.54, 1.807) is 0 Å². The van der Waals surface area contributed by atoms with Gasteiger partial charge in [0.2, 0.25) is 0 Å². The first-order valence-corrected chi connectivity index (χ1v) is 16.4. The molecule has 194 valence electrons. The predicted molar refractivity (Wildman–Crippen MR) is 130 cm³/mol. The summed E-state index contributed by atoms with van der Waals surface area (Å²) in [4.78, 5) is 9.76. The van der Waals surface area contributed by atoms with Crippen LogP contribution in [0.4, 0.5) is 0 Å². The van der Waals surface area contributed by atoms with Crippen LogP contribution in [0.5, 0.6) is 0 Å². The van der Waals surface area contributed by atoms with Gasteiger partial charge in [0.1, 0.15) is 0 Å². The van der Waals surface area contributed by atoms with Crippen molar-refractivity contribution in [1.82, 2.24) is 0 Å². The summed E-state index contributed by atoms with van der Waals surface area (Å²) in [5.74, 6) is 0. The van der Waals surface area contributed by atoms with E-state index >= 15 is 0 Å². The van der Waals surface area contributed by atoms with Gasteiger partial charge in [-0.3, -0.25) is 0 Å². The first-order chi connectivity index (χ1) is 15.5. The van der Waals surface area contributed by atoms with Crippen molar-refractivity contribution in [3.8, 4) is 0 Å². The standard InChI is InChI=1S/C24H51O3P.2H2O.O.Ti/c1-3-5-7-9-11-13-15-17-19-21-23-26-28(25)27-24-22-20-18-16-14-12-10-8-6-4-2;;;;/h25H,3-24H2,1-2H3;2*1H2;;/q;;;;+2/p-2. The van der Waals surface area contributed by atoms with Crippen molar-refractivity contribution in [1.29, 1.82) is 0 Å². The molecule has 0 aromatic rings. The van der Waals surface area contributed by atoms with E-state index in [1.165, 1.54) is 116 Å². The monoisotopic (exact) mass is 516 g/mol. The zero-order valence-corrected chi connectivity index (χ0v) is 23.5. The Labute approximate surface area is 207 Å². The molecule has 0 fully saturated rings. The molecule has 0 heterocycles. The van der Waals surface area contributed by atoms with Crippen molar-refractivity contribution >= 4 is 8.60 Å². The molecule has 0 aromatic carbocycles. The summed E-state index contributed by atoms with van der Waals surface area (Å²) < 4.78 is 34.1. The molecule has 0 aromatic heterocycles. The molecule has 0 saturated heterocycles. The van der Waals surface area contributed by atoms with Crippen LogP contribution in [0.1, 0.15) is 142 Å². The Hall–Kier alpha value is 0.744. The van der Waals surface area contributed by atoms with Crippen molar-refractivity contribution in [3.63, 3.8) is 0 Å².